The molecular formula is C17H26FNO. The van der Waals surface area contributed by atoms with Crippen LogP contribution in [0.15, 0.2) is 24.3 Å². The van der Waals surface area contributed by atoms with E-state index in [2.05, 4.69) is 19.2 Å². The Morgan fingerprint density at radius 3 is 2.50 bits per heavy atom. The molecule has 0 radical (unpaired) electrons. The van der Waals surface area contributed by atoms with Crippen molar-refractivity contribution in [3.63, 3.8) is 0 Å². The zero-order chi connectivity index (χ0) is 14.5. The van der Waals surface area contributed by atoms with E-state index in [1.54, 1.807) is 0 Å². The quantitative estimate of drug-likeness (QED) is 0.882. The number of nitrogens with one attached hydrogen (secondary N) is 1. The van der Waals surface area contributed by atoms with Gasteiger partial charge >= 0.3 is 0 Å². The minimum absolute atomic E-state index is 0.00575. The molecule has 112 valence electrons. The molecule has 0 saturated heterocycles. The topological polar surface area (TPSA) is 21.3 Å². The first-order valence-corrected chi connectivity index (χ1v) is 7.65. The van der Waals surface area contributed by atoms with E-state index >= 15 is 0 Å². The van der Waals surface area contributed by atoms with Crippen LogP contribution in [-0.2, 0) is 4.74 Å². The summed E-state index contributed by atoms with van der Waals surface area (Å²) in [6.07, 6.45) is 3.83. The minimum Gasteiger partial charge on any atom is -0.369 e. The monoisotopic (exact) mass is 279 g/mol. The van der Waals surface area contributed by atoms with Crippen molar-refractivity contribution < 1.29 is 9.13 Å². The van der Waals surface area contributed by atoms with Crippen LogP contribution in [0.4, 0.5) is 4.39 Å². The summed E-state index contributed by atoms with van der Waals surface area (Å²) in [5.74, 6) is 1.32. The van der Waals surface area contributed by atoms with Crippen LogP contribution in [-0.4, -0.2) is 19.7 Å². The molecule has 1 aliphatic carbocycles. The van der Waals surface area contributed by atoms with Crippen LogP contribution >= 0.6 is 0 Å². The second-order valence-electron chi connectivity index (χ2n) is 6.12. The van der Waals surface area contributed by atoms with Gasteiger partial charge < -0.3 is 10.1 Å². The molecular weight excluding hydrogens is 253 g/mol. The van der Waals surface area contributed by atoms with Gasteiger partial charge in [0.05, 0.1) is 12.2 Å². The number of halogens is 1. The Kier molecular flexibility index (Phi) is 5.55. The van der Waals surface area contributed by atoms with Crippen LogP contribution in [0.3, 0.4) is 0 Å². The average Bonchev–Trinajstić information content (AvgIpc) is 2.43. The van der Waals surface area contributed by atoms with Crippen LogP contribution < -0.4 is 5.32 Å². The summed E-state index contributed by atoms with van der Waals surface area (Å²) in [5.41, 5.74) is 1.05. The summed E-state index contributed by atoms with van der Waals surface area (Å²) < 4.78 is 19.3. The van der Waals surface area contributed by atoms with E-state index in [-0.39, 0.29) is 11.9 Å². The van der Waals surface area contributed by atoms with E-state index in [0.717, 1.165) is 36.8 Å². The van der Waals surface area contributed by atoms with E-state index < -0.39 is 0 Å². The lowest BCUT2D eigenvalue weighted by Gasteiger charge is -2.34. The van der Waals surface area contributed by atoms with Gasteiger partial charge in [0.1, 0.15) is 5.82 Å². The summed E-state index contributed by atoms with van der Waals surface area (Å²) in [5, 5.41) is 3.17. The van der Waals surface area contributed by atoms with E-state index in [0.29, 0.717) is 6.10 Å². The fourth-order valence-corrected chi connectivity index (χ4v) is 2.96. The standard InChI is InChI=1S/C17H26FNO/c1-12-4-9-16(10-13(12)2)20-17(11-19-3)14-5-7-15(18)8-6-14/h5-8,12-13,16-17,19H,4,9-11H2,1-3H3. The molecule has 4 unspecified atom stereocenters. The molecule has 1 fully saturated rings. The summed E-state index contributed by atoms with van der Waals surface area (Å²) in [6, 6.07) is 6.66. The van der Waals surface area contributed by atoms with Gasteiger partial charge in [-0.25, -0.2) is 4.39 Å². The maximum Gasteiger partial charge on any atom is 0.123 e. The molecule has 0 amide bonds. The molecule has 0 aromatic heterocycles. The fourth-order valence-electron chi connectivity index (χ4n) is 2.96. The lowest BCUT2D eigenvalue weighted by molar-refractivity contribution is -0.0474. The van der Waals surface area contributed by atoms with E-state index in [9.17, 15) is 4.39 Å². The van der Waals surface area contributed by atoms with Crippen LogP contribution in [0.5, 0.6) is 0 Å². The van der Waals surface area contributed by atoms with Crippen molar-refractivity contribution in [2.45, 2.75) is 45.3 Å². The molecule has 0 heterocycles. The van der Waals surface area contributed by atoms with Gasteiger partial charge in [-0.15, -0.1) is 0 Å². The molecule has 0 aliphatic heterocycles. The highest BCUT2D eigenvalue weighted by molar-refractivity contribution is 5.19. The number of likely N-dealkylation sites (N-methyl/N-ethyl adjacent to an activating group) is 1. The zero-order valence-electron chi connectivity index (χ0n) is 12.7. The van der Waals surface area contributed by atoms with Crippen LogP contribution in [0.2, 0.25) is 0 Å². The maximum atomic E-state index is 13.0. The van der Waals surface area contributed by atoms with Crippen LogP contribution in [0.1, 0.15) is 44.8 Å². The Hall–Kier alpha value is -0.930. The van der Waals surface area contributed by atoms with Crippen molar-refractivity contribution in [1.29, 1.82) is 0 Å². The predicted molar refractivity (Wildman–Crippen MR) is 80.1 cm³/mol. The third-order valence-electron chi connectivity index (χ3n) is 4.54. The molecule has 3 heteroatoms. The highest BCUT2D eigenvalue weighted by Crippen LogP contribution is 2.33. The predicted octanol–water partition coefficient (Wildman–Crippen LogP) is 3.93. The summed E-state index contributed by atoms with van der Waals surface area (Å²) in [7, 11) is 1.92. The van der Waals surface area contributed by atoms with Crippen LogP contribution in [0, 0.1) is 17.7 Å². The van der Waals surface area contributed by atoms with E-state index in [4.69, 9.17) is 4.74 Å². The Morgan fingerprint density at radius 1 is 1.20 bits per heavy atom. The highest BCUT2D eigenvalue weighted by atomic mass is 19.1. The number of hydrogen-bond acceptors (Lipinski definition) is 2. The average molecular weight is 279 g/mol. The third-order valence-corrected chi connectivity index (χ3v) is 4.54. The molecule has 1 aromatic rings. The molecule has 4 atom stereocenters. The Labute approximate surface area is 121 Å². The van der Waals surface area contributed by atoms with E-state index in [1.165, 1.54) is 18.6 Å². The van der Waals surface area contributed by atoms with Gasteiger partial charge in [-0.3, -0.25) is 0 Å². The Morgan fingerprint density at radius 2 is 1.90 bits per heavy atom. The van der Waals surface area contributed by atoms with Crippen molar-refractivity contribution in [2.24, 2.45) is 11.8 Å². The summed E-state index contributed by atoms with van der Waals surface area (Å²) in [4.78, 5) is 0. The van der Waals surface area contributed by atoms with Crippen molar-refractivity contribution in [2.75, 3.05) is 13.6 Å². The van der Waals surface area contributed by atoms with Crippen molar-refractivity contribution in [3.05, 3.63) is 35.6 Å². The largest absolute Gasteiger partial charge is 0.369 e. The van der Waals surface area contributed by atoms with Gasteiger partial charge in [0.25, 0.3) is 0 Å². The fraction of sp³-hybridized carbons (Fsp3) is 0.647. The van der Waals surface area contributed by atoms with Gasteiger partial charge in [0.2, 0.25) is 0 Å². The number of ether oxygens (including phenoxy) is 1. The number of benzene rings is 1. The van der Waals surface area contributed by atoms with Crippen molar-refractivity contribution >= 4 is 0 Å². The summed E-state index contributed by atoms with van der Waals surface area (Å²) in [6.45, 7) is 5.39. The molecule has 20 heavy (non-hydrogen) atoms. The van der Waals surface area contributed by atoms with Gasteiger partial charge in [0.15, 0.2) is 0 Å². The second-order valence-corrected chi connectivity index (χ2v) is 6.12. The third kappa shape index (κ3) is 4.03. The first-order valence-electron chi connectivity index (χ1n) is 7.65. The van der Waals surface area contributed by atoms with Crippen LogP contribution in [0.25, 0.3) is 0 Å². The first kappa shape index (κ1) is 15.5. The molecule has 2 nitrogen and oxygen atoms in total. The van der Waals surface area contributed by atoms with E-state index in [1.807, 2.05) is 19.2 Å². The molecule has 1 aliphatic rings. The maximum absolute atomic E-state index is 13.0. The molecule has 1 saturated carbocycles. The zero-order valence-corrected chi connectivity index (χ0v) is 12.7. The minimum atomic E-state index is -0.197. The number of rotatable bonds is 5. The highest BCUT2D eigenvalue weighted by Gasteiger charge is 2.27. The molecule has 1 aromatic carbocycles. The molecule has 0 bridgehead atoms. The van der Waals surface area contributed by atoms with Gasteiger partial charge in [-0.2, -0.15) is 0 Å². The summed E-state index contributed by atoms with van der Waals surface area (Å²) >= 11 is 0. The Bertz CT molecular complexity index is 406. The van der Waals surface area contributed by atoms with Crippen molar-refractivity contribution in [1.82, 2.24) is 5.32 Å². The lowest BCUT2D eigenvalue weighted by Crippen LogP contribution is -2.30. The smallest absolute Gasteiger partial charge is 0.123 e. The number of hydrogen-bond donors (Lipinski definition) is 1. The molecule has 1 N–H and O–H groups in total. The Balaban J connectivity index is 2.00. The first-order chi connectivity index (χ1) is 9.60. The van der Waals surface area contributed by atoms with Gasteiger partial charge in [0, 0.05) is 6.54 Å². The van der Waals surface area contributed by atoms with Gasteiger partial charge in [-0.05, 0) is 55.8 Å². The molecule has 2 rings (SSSR count). The van der Waals surface area contributed by atoms with Crippen molar-refractivity contribution in [3.8, 4) is 0 Å². The SMILES string of the molecule is CNCC(OC1CCC(C)C(C)C1)c1ccc(F)cc1. The second kappa shape index (κ2) is 7.19. The normalized spacial score (nSPS) is 28.3. The lowest BCUT2D eigenvalue weighted by atomic mass is 9.80. The molecule has 0 spiro atoms. The van der Waals surface area contributed by atoms with Gasteiger partial charge in [-0.1, -0.05) is 26.0 Å².